The second kappa shape index (κ2) is 7.17. The number of aromatic hydroxyl groups is 1. The summed E-state index contributed by atoms with van der Waals surface area (Å²) in [7, 11) is 0. The van der Waals surface area contributed by atoms with Gasteiger partial charge in [-0.05, 0) is 48.7 Å². The molecule has 4 heteroatoms. The van der Waals surface area contributed by atoms with Crippen LogP contribution in [0.3, 0.4) is 0 Å². The van der Waals surface area contributed by atoms with Crippen molar-refractivity contribution in [2.24, 2.45) is 0 Å². The van der Waals surface area contributed by atoms with Crippen LogP contribution in [0.25, 0.3) is 0 Å². The van der Waals surface area contributed by atoms with E-state index in [0.29, 0.717) is 10.0 Å². The molecule has 21 heavy (non-hydrogen) atoms. The Morgan fingerprint density at radius 2 is 1.62 bits per heavy atom. The zero-order valence-electron chi connectivity index (χ0n) is 12.1. The minimum atomic E-state index is 0.151. The van der Waals surface area contributed by atoms with Gasteiger partial charge in [-0.3, -0.25) is 0 Å². The fourth-order valence-corrected chi connectivity index (χ4v) is 2.64. The zero-order chi connectivity index (χ0) is 15.4. The number of halogens is 2. The number of hydrogen-bond donors (Lipinski definition) is 2. The van der Waals surface area contributed by atoms with E-state index in [1.807, 2.05) is 30.3 Å². The van der Waals surface area contributed by atoms with Crippen molar-refractivity contribution in [1.82, 2.24) is 5.32 Å². The molecule has 2 N–H and O–H groups in total. The molecule has 0 saturated carbocycles. The summed E-state index contributed by atoms with van der Waals surface area (Å²) >= 11 is 12.0. The highest BCUT2D eigenvalue weighted by atomic mass is 35.5. The molecule has 2 nitrogen and oxygen atoms in total. The van der Waals surface area contributed by atoms with E-state index in [2.05, 4.69) is 19.2 Å². The molecule has 2 rings (SSSR count). The minimum Gasteiger partial charge on any atom is -0.508 e. The van der Waals surface area contributed by atoms with Crippen LogP contribution in [0.2, 0.25) is 10.0 Å². The lowest BCUT2D eigenvalue weighted by molar-refractivity contribution is 0.453. The molecule has 0 saturated heterocycles. The first kappa shape index (κ1) is 16.2. The van der Waals surface area contributed by atoms with Crippen molar-refractivity contribution < 1.29 is 5.11 Å². The first-order valence-electron chi connectivity index (χ1n) is 7.01. The number of phenolic OH excluding ortho intramolecular Hbond substituents is 1. The molecule has 2 aromatic carbocycles. The molecule has 0 aromatic heterocycles. The number of benzene rings is 2. The van der Waals surface area contributed by atoms with Crippen LogP contribution >= 0.6 is 23.2 Å². The SMILES string of the molecule is CCC(NC(C)c1ccc(Cl)c(Cl)c1)c1ccc(O)cc1. The Morgan fingerprint density at radius 1 is 1.00 bits per heavy atom. The zero-order valence-corrected chi connectivity index (χ0v) is 13.6. The highest BCUT2D eigenvalue weighted by molar-refractivity contribution is 6.42. The maximum absolute atomic E-state index is 9.38. The molecule has 2 aromatic rings. The molecule has 0 aliphatic heterocycles. The maximum Gasteiger partial charge on any atom is 0.115 e. The summed E-state index contributed by atoms with van der Waals surface area (Å²) in [5, 5.41) is 14.1. The Labute approximate surface area is 135 Å². The van der Waals surface area contributed by atoms with E-state index in [9.17, 15) is 5.11 Å². The Bertz CT molecular complexity index is 598. The van der Waals surface area contributed by atoms with E-state index in [-0.39, 0.29) is 17.8 Å². The summed E-state index contributed by atoms with van der Waals surface area (Å²) in [6.07, 6.45) is 0.955. The maximum atomic E-state index is 9.38. The van der Waals surface area contributed by atoms with Gasteiger partial charge in [0.25, 0.3) is 0 Å². The van der Waals surface area contributed by atoms with Crippen molar-refractivity contribution in [1.29, 1.82) is 0 Å². The molecule has 0 bridgehead atoms. The Morgan fingerprint density at radius 3 is 2.19 bits per heavy atom. The van der Waals surface area contributed by atoms with Crippen LogP contribution in [0, 0.1) is 0 Å². The molecule has 0 heterocycles. The fourth-order valence-electron chi connectivity index (χ4n) is 2.34. The first-order valence-corrected chi connectivity index (χ1v) is 7.76. The van der Waals surface area contributed by atoms with Gasteiger partial charge >= 0.3 is 0 Å². The van der Waals surface area contributed by atoms with E-state index in [1.54, 1.807) is 12.1 Å². The summed E-state index contributed by atoms with van der Waals surface area (Å²) in [6.45, 7) is 4.23. The average molecular weight is 324 g/mol. The van der Waals surface area contributed by atoms with Gasteiger partial charge in [0, 0.05) is 12.1 Å². The lowest BCUT2D eigenvalue weighted by Crippen LogP contribution is -2.24. The summed E-state index contributed by atoms with van der Waals surface area (Å²) in [5.74, 6) is 0.283. The first-order chi connectivity index (χ1) is 10.0. The van der Waals surface area contributed by atoms with Crippen LogP contribution in [0.15, 0.2) is 42.5 Å². The van der Waals surface area contributed by atoms with Gasteiger partial charge in [0.15, 0.2) is 0 Å². The second-order valence-electron chi connectivity index (χ2n) is 5.11. The minimum absolute atomic E-state index is 0.151. The van der Waals surface area contributed by atoms with Gasteiger partial charge in [-0.1, -0.05) is 48.3 Å². The topological polar surface area (TPSA) is 32.3 Å². The molecule has 0 radical (unpaired) electrons. The van der Waals surface area contributed by atoms with Gasteiger partial charge in [0.05, 0.1) is 10.0 Å². The van der Waals surface area contributed by atoms with Crippen molar-refractivity contribution in [2.75, 3.05) is 0 Å². The van der Waals surface area contributed by atoms with Crippen molar-refractivity contribution in [3.8, 4) is 5.75 Å². The largest absolute Gasteiger partial charge is 0.508 e. The summed E-state index contributed by atoms with van der Waals surface area (Å²) in [5.41, 5.74) is 2.25. The molecule has 0 aliphatic rings. The predicted molar refractivity (Wildman–Crippen MR) is 89.2 cm³/mol. The van der Waals surface area contributed by atoms with E-state index < -0.39 is 0 Å². The quantitative estimate of drug-likeness (QED) is 0.761. The standard InChI is InChI=1S/C17H19Cl2NO/c1-3-17(12-4-7-14(21)8-5-12)20-11(2)13-6-9-15(18)16(19)10-13/h4-11,17,20-21H,3H2,1-2H3. The van der Waals surface area contributed by atoms with E-state index in [0.717, 1.165) is 17.5 Å². The van der Waals surface area contributed by atoms with Crippen LogP contribution in [0.4, 0.5) is 0 Å². The number of nitrogens with one attached hydrogen (secondary N) is 1. The highest BCUT2D eigenvalue weighted by Crippen LogP contribution is 2.28. The molecule has 0 amide bonds. The van der Waals surface area contributed by atoms with Gasteiger partial charge in [0.2, 0.25) is 0 Å². The van der Waals surface area contributed by atoms with E-state index >= 15 is 0 Å². The fraction of sp³-hybridized carbons (Fsp3) is 0.294. The molecule has 2 atom stereocenters. The number of phenols is 1. The van der Waals surface area contributed by atoms with Crippen molar-refractivity contribution in [3.05, 3.63) is 63.6 Å². The third-order valence-corrected chi connectivity index (χ3v) is 4.34. The number of rotatable bonds is 5. The lowest BCUT2D eigenvalue weighted by Gasteiger charge is -2.23. The van der Waals surface area contributed by atoms with E-state index in [1.165, 1.54) is 0 Å². The van der Waals surface area contributed by atoms with E-state index in [4.69, 9.17) is 23.2 Å². The Kier molecular flexibility index (Phi) is 5.51. The summed E-state index contributed by atoms with van der Waals surface area (Å²) < 4.78 is 0. The molecule has 112 valence electrons. The third kappa shape index (κ3) is 4.13. The third-order valence-electron chi connectivity index (χ3n) is 3.60. The van der Waals surface area contributed by atoms with Crippen molar-refractivity contribution in [3.63, 3.8) is 0 Å². The number of hydrogen-bond acceptors (Lipinski definition) is 2. The van der Waals surface area contributed by atoms with Crippen LogP contribution in [0.1, 0.15) is 43.5 Å². The van der Waals surface area contributed by atoms with Crippen molar-refractivity contribution in [2.45, 2.75) is 32.4 Å². The van der Waals surface area contributed by atoms with Crippen LogP contribution in [-0.2, 0) is 0 Å². The second-order valence-corrected chi connectivity index (χ2v) is 5.93. The smallest absolute Gasteiger partial charge is 0.115 e. The summed E-state index contributed by atoms with van der Waals surface area (Å²) in [6, 6.07) is 13.4. The molecule has 2 unspecified atom stereocenters. The highest BCUT2D eigenvalue weighted by Gasteiger charge is 2.14. The van der Waals surface area contributed by atoms with Crippen molar-refractivity contribution >= 4 is 23.2 Å². The molecule has 0 spiro atoms. The normalized spacial score (nSPS) is 13.9. The summed E-state index contributed by atoms with van der Waals surface area (Å²) in [4.78, 5) is 0. The molecule has 0 aliphatic carbocycles. The van der Waals surface area contributed by atoms with Gasteiger partial charge in [-0.15, -0.1) is 0 Å². The van der Waals surface area contributed by atoms with Crippen LogP contribution < -0.4 is 5.32 Å². The van der Waals surface area contributed by atoms with Gasteiger partial charge in [0.1, 0.15) is 5.75 Å². The van der Waals surface area contributed by atoms with Gasteiger partial charge in [-0.25, -0.2) is 0 Å². The van der Waals surface area contributed by atoms with Crippen LogP contribution in [-0.4, -0.2) is 5.11 Å². The molecule has 0 fully saturated rings. The average Bonchev–Trinajstić information content (AvgIpc) is 2.48. The molecular weight excluding hydrogens is 305 g/mol. The van der Waals surface area contributed by atoms with Gasteiger partial charge in [-0.2, -0.15) is 0 Å². The predicted octanol–water partition coefficient (Wildman–Crippen LogP) is 5.50. The Balaban J connectivity index is 2.13. The van der Waals surface area contributed by atoms with Gasteiger partial charge < -0.3 is 10.4 Å². The van der Waals surface area contributed by atoms with Crippen LogP contribution in [0.5, 0.6) is 5.75 Å². The monoisotopic (exact) mass is 323 g/mol. The Hall–Kier alpha value is -1.22. The molecular formula is C17H19Cl2NO. The lowest BCUT2D eigenvalue weighted by atomic mass is 10.0.